The molecule has 0 aliphatic carbocycles. The van der Waals surface area contributed by atoms with Crippen molar-refractivity contribution >= 4 is 5.91 Å². The van der Waals surface area contributed by atoms with E-state index in [9.17, 15) is 9.59 Å². The quantitative estimate of drug-likeness (QED) is 0.910. The monoisotopic (exact) mass is 304 g/mol. The molecule has 0 aromatic carbocycles. The molecule has 1 aromatic rings. The third-order valence-electron chi connectivity index (χ3n) is 4.90. The van der Waals surface area contributed by atoms with Gasteiger partial charge in [-0.3, -0.25) is 9.59 Å². The maximum atomic E-state index is 12.7. The molecule has 1 amide bonds. The summed E-state index contributed by atoms with van der Waals surface area (Å²) < 4.78 is 5.96. The highest BCUT2D eigenvalue weighted by molar-refractivity contribution is 5.94. The fourth-order valence-corrected chi connectivity index (χ4v) is 3.62. The van der Waals surface area contributed by atoms with Crippen molar-refractivity contribution in [3.8, 4) is 0 Å². The number of aromatic amines is 1. The number of aryl methyl sites for hydroxylation is 1. The number of amides is 1. The van der Waals surface area contributed by atoms with E-state index in [0.717, 1.165) is 50.9 Å². The summed E-state index contributed by atoms with van der Waals surface area (Å²) in [5.41, 5.74) is 1.11. The van der Waals surface area contributed by atoms with Gasteiger partial charge in [0.05, 0.1) is 5.60 Å². The molecule has 0 bridgehead atoms. The second kappa shape index (κ2) is 6.24. The normalized spacial score (nSPS) is 25.4. The van der Waals surface area contributed by atoms with Crippen molar-refractivity contribution < 1.29 is 9.53 Å². The van der Waals surface area contributed by atoms with E-state index in [1.165, 1.54) is 6.07 Å². The van der Waals surface area contributed by atoms with Crippen LogP contribution in [-0.4, -0.2) is 41.1 Å². The molecule has 5 nitrogen and oxygen atoms in total. The maximum absolute atomic E-state index is 12.7. The Morgan fingerprint density at radius 3 is 2.82 bits per heavy atom. The molecule has 1 N–H and O–H groups in total. The van der Waals surface area contributed by atoms with Crippen molar-refractivity contribution in [3.05, 3.63) is 33.7 Å². The topological polar surface area (TPSA) is 62.4 Å². The van der Waals surface area contributed by atoms with Gasteiger partial charge in [0, 0.05) is 37.0 Å². The average molecular weight is 304 g/mol. The summed E-state index contributed by atoms with van der Waals surface area (Å²) >= 11 is 0. The van der Waals surface area contributed by atoms with E-state index in [1.54, 1.807) is 6.07 Å². The van der Waals surface area contributed by atoms with Crippen molar-refractivity contribution in [2.75, 3.05) is 19.7 Å². The van der Waals surface area contributed by atoms with Crippen LogP contribution in [0, 0.1) is 0 Å². The van der Waals surface area contributed by atoms with Gasteiger partial charge in [0.25, 0.3) is 5.91 Å². The lowest BCUT2D eigenvalue weighted by atomic mass is 9.92. The Morgan fingerprint density at radius 2 is 2.09 bits per heavy atom. The van der Waals surface area contributed by atoms with Gasteiger partial charge in [-0.2, -0.15) is 0 Å². The molecule has 0 saturated carbocycles. The van der Waals surface area contributed by atoms with Gasteiger partial charge in [-0.25, -0.2) is 0 Å². The minimum atomic E-state index is -0.201. The van der Waals surface area contributed by atoms with E-state index < -0.39 is 0 Å². The predicted molar refractivity (Wildman–Crippen MR) is 84.1 cm³/mol. The average Bonchev–Trinajstić information content (AvgIpc) is 2.87. The molecule has 1 spiro atoms. The van der Waals surface area contributed by atoms with E-state index in [2.05, 4.69) is 4.98 Å². The summed E-state index contributed by atoms with van der Waals surface area (Å²) in [4.78, 5) is 29.0. The smallest absolute Gasteiger partial charge is 0.254 e. The molecule has 120 valence electrons. The lowest BCUT2D eigenvalue weighted by Crippen LogP contribution is -2.34. The van der Waals surface area contributed by atoms with Gasteiger partial charge in [-0.15, -0.1) is 0 Å². The van der Waals surface area contributed by atoms with Gasteiger partial charge in [-0.1, -0.05) is 6.92 Å². The lowest BCUT2D eigenvalue weighted by molar-refractivity contribution is -0.00691. The molecule has 2 fully saturated rings. The highest BCUT2D eigenvalue weighted by Gasteiger charge is 2.37. The number of H-pyrrole nitrogens is 1. The summed E-state index contributed by atoms with van der Waals surface area (Å²) in [7, 11) is 0. The van der Waals surface area contributed by atoms with Crippen molar-refractivity contribution in [2.45, 2.75) is 51.0 Å². The van der Waals surface area contributed by atoms with Crippen LogP contribution in [0.1, 0.15) is 55.1 Å². The van der Waals surface area contributed by atoms with Crippen molar-refractivity contribution in [1.82, 2.24) is 9.88 Å². The number of likely N-dealkylation sites (tertiary alicyclic amines) is 1. The molecule has 2 saturated heterocycles. The molecular formula is C17H24N2O3. The Kier molecular flexibility index (Phi) is 4.34. The highest BCUT2D eigenvalue weighted by atomic mass is 16.5. The van der Waals surface area contributed by atoms with E-state index >= 15 is 0 Å². The Bertz CT molecular complexity index is 602. The third-order valence-corrected chi connectivity index (χ3v) is 4.90. The lowest BCUT2D eigenvalue weighted by Gasteiger charge is -2.27. The second-order valence-corrected chi connectivity index (χ2v) is 6.39. The Hall–Kier alpha value is -1.62. The minimum Gasteiger partial charge on any atom is -0.375 e. The van der Waals surface area contributed by atoms with Crippen LogP contribution in [0.15, 0.2) is 16.9 Å². The molecule has 5 heteroatoms. The first kappa shape index (κ1) is 15.3. The first-order valence-corrected chi connectivity index (χ1v) is 8.28. The summed E-state index contributed by atoms with van der Waals surface area (Å²) in [5, 5.41) is 0. The maximum Gasteiger partial charge on any atom is 0.254 e. The molecular weight excluding hydrogens is 280 g/mol. The standard InChI is InChI=1S/C17H24N2O3/c1-2-14-11-13(12-15(20)18-14)16(21)19-8-3-5-17(7-9-19)6-4-10-22-17/h11-12H,2-10H2,1H3,(H,18,20). The predicted octanol–water partition coefficient (Wildman–Crippen LogP) is 2.11. The molecule has 3 heterocycles. The van der Waals surface area contributed by atoms with Gasteiger partial charge in [0.2, 0.25) is 5.56 Å². The number of nitrogens with one attached hydrogen (secondary N) is 1. The summed E-state index contributed by atoms with van der Waals surface area (Å²) in [6.45, 7) is 4.28. The Morgan fingerprint density at radius 1 is 1.27 bits per heavy atom. The van der Waals surface area contributed by atoms with E-state index in [4.69, 9.17) is 4.74 Å². The van der Waals surface area contributed by atoms with Crippen LogP contribution in [-0.2, 0) is 11.2 Å². The molecule has 1 unspecified atom stereocenters. The number of nitrogens with zero attached hydrogens (tertiary/aromatic N) is 1. The molecule has 2 aliphatic heterocycles. The highest BCUT2D eigenvalue weighted by Crippen LogP contribution is 2.35. The molecule has 1 atom stereocenters. The number of pyridine rings is 1. The molecule has 1 aromatic heterocycles. The zero-order chi connectivity index (χ0) is 15.6. The number of rotatable bonds is 2. The minimum absolute atomic E-state index is 0.00221. The van der Waals surface area contributed by atoms with Crippen LogP contribution < -0.4 is 5.56 Å². The van der Waals surface area contributed by atoms with Crippen molar-refractivity contribution in [1.29, 1.82) is 0 Å². The molecule has 2 aliphatic rings. The fourth-order valence-electron chi connectivity index (χ4n) is 3.62. The number of ether oxygens (including phenoxy) is 1. The number of carbonyl (C=O) groups excluding carboxylic acids is 1. The van der Waals surface area contributed by atoms with Crippen LogP contribution in [0.3, 0.4) is 0 Å². The summed E-state index contributed by atoms with van der Waals surface area (Å²) in [5.74, 6) is -0.0316. The second-order valence-electron chi connectivity index (χ2n) is 6.39. The first-order valence-electron chi connectivity index (χ1n) is 8.28. The van der Waals surface area contributed by atoms with Crippen molar-refractivity contribution in [3.63, 3.8) is 0 Å². The molecule has 22 heavy (non-hydrogen) atoms. The van der Waals surface area contributed by atoms with Crippen molar-refractivity contribution in [2.24, 2.45) is 0 Å². The van der Waals surface area contributed by atoms with Crippen LogP contribution in [0.25, 0.3) is 0 Å². The Labute approximate surface area is 130 Å². The number of hydrogen-bond acceptors (Lipinski definition) is 3. The van der Waals surface area contributed by atoms with E-state index in [0.29, 0.717) is 18.5 Å². The van der Waals surface area contributed by atoms with Gasteiger partial charge in [-0.05, 0) is 44.6 Å². The molecule has 0 radical (unpaired) electrons. The number of hydrogen-bond donors (Lipinski definition) is 1. The van der Waals surface area contributed by atoms with Crippen LogP contribution in [0.5, 0.6) is 0 Å². The number of aromatic nitrogens is 1. The van der Waals surface area contributed by atoms with Crippen LogP contribution in [0.4, 0.5) is 0 Å². The number of carbonyl (C=O) groups is 1. The summed E-state index contributed by atoms with van der Waals surface area (Å²) in [6, 6.07) is 3.21. The van der Waals surface area contributed by atoms with Gasteiger partial charge < -0.3 is 14.6 Å². The fraction of sp³-hybridized carbons (Fsp3) is 0.647. The van der Waals surface area contributed by atoms with E-state index in [-0.39, 0.29) is 17.1 Å². The van der Waals surface area contributed by atoms with E-state index in [1.807, 2.05) is 11.8 Å². The van der Waals surface area contributed by atoms with Gasteiger partial charge in [0.1, 0.15) is 0 Å². The van der Waals surface area contributed by atoms with Gasteiger partial charge in [0.15, 0.2) is 0 Å². The third kappa shape index (κ3) is 3.09. The zero-order valence-electron chi connectivity index (χ0n) is 13.2. The summed E-state index contributed by atoms with van der Waals surface area (Å²) in [6.07, 6.45) is 5.86. The SMILES string of the molecule is CCc1cc(C(=O)N2CCCC3(CCCO3)CC2)cc(=O)[nH]1. The van der Waals surface area contributed by atoms with Crippen LogP contribution in [0.2, 0.25) is 0 Å². The molecule has 3 rings (SSSR count). The first-order chi connectivity index (χ1) is 10.6. The van der Waals surface area contributed by atoms with Crippen LogP contribution >= 0.6 is 0 Å². The van der Waals surface area contributed by atoms with Gasteiger partial charge >= 0.3 is 0 Å². The largest absolute Gasteiger partial charge is 0.375 e. The Balaban J connectivity index is 1.75. The zero-order valence-corrected chi connectivity index (χ0v) is 13.2.